The lowest BCUT2D eigenvalue weighted by Crippen LogP contribution is -2.29. The molecule has 0 saturated carbocycles. The summed E-state index contributed by atoms with van der Waals surface area (Å²) in [5.74, 6) is 1.60. The van der Waals surface area contributed by atoms with Crippen molar-refractivity contribution in [2.75, 3.05) is 6.67 Å². The summed E-state index contributed by atoms with van der Waals surface area (Å²) >= 11 is 2.08. The minimum atomic E-state index is 0.344. The molecule has 0 bridgehead atoms. The lowest BCUT2D eigenvalue weighted by atomic mass is 9.96. The van der Waals surface area contributed by atoms with E-state index in [2.05, 4.69) is 47.0 Å². The van der Waals surface area contributed by atoms with Gasteiger partial charge in [0.05, 0.1) is 28.4 Å². The summed E-state index contributed by atoms with van der Waals surface area (Å²) in [5, 5.41) is 13.3. The summed E-state index contributed by atoms with van der Waals surface area (Å²) in [5.41, 5.74) is 0.970. The molecule has 0 aromatic carbocycles. The fourth-order valence-electron chi connectivity index (χ4n) is 2.02. The van der Waals surface area contributed by atoms with Crippen LogP contribution in [0.4, 0.5) is 0 Å². The molecule has 0 spiro atoms. The van der Waals surface area contributed by atoms with Crippen molar-refractivity contribution in [2.45, 2.75) is 26.3 Å². The van der Waals surface area contributed by atoms with Gasteiger partial charge in [-0.05, 0) is 6.42 Å². The van der Waals surface area contributed by atoms with Crippen LogP contribution in [0.3, 0.4) is 0 Å². The summed E-state index contributed by atoms with van der Waals surface area (Å²) in [6, 6.07) is 0.411. The highest BCUT2D eigenvalue weighted by atomic mass is 127. The molecule has 0 aliphatic carbocycles. The molecule has 0 amide bonds. The van der Waals surface area contributed by atoms with Crippen molar-refractivity contribution in [1.29, 1.82) is 0 Å². The predicted molar refractivity (Wildman–Crippen MR) is 64.2 cm³/mol. The van der Waals surface area contributed by atoms with Gasteiger partial charge in [0.2, 0.25) is 5.88 Å². The highest BCUT2D eigenvalue weighted by molar-refractivity contribution is 14.1. The Bertz CT molecular complexity index is 313. The fraction of sp³-hybridized carbons (Fsp3) is 0.667. The summed E-state index contributed by atoms with van der Waals surface area (Å²) in [7, 11) is 0. The van der Waals surface area contributed by atoms with Crippen molar-refractivity contribution < 1.29 is 5.11 Å². The van der Waals surface area contributed by atoms with Crippen LogP contribution in [-0.4, -0.2) is 26.8 Å². The van der Waals surface area contributed by atoms with Crippen LogP contribution in [0.2, 0.25) is 0 Å². The third kappa shape index (κ3) is 1.37. The molecule has 2 atom stereocenters. The molecular weight excluding hydrogens is 293 g/mol. The largest absolute Gasteiger partial charge is 0.494 e. The number of hydrogen-bond acceptors (Lipinski definition) is 4. The molecule has 2 unspecified atom stereocenters. The van der Waals surface area contributed by atoms with Gasteiger partial charge in [-0.25, -0.2) is 4.99 Å². The Morgan fingerprint density at radius 3 is 3.07 bits per heavy atom. The van der Waals surface area contributed by atoms with E-state index < -0.39 is 0 Å². The van der Waals surface area contributed by atoms with Crippen LogP contribution < -0.4 is 5.32 Å². The molecule has 2 aliphatic rings. The molecule has 1 fully saturated rings. The number of aliphatic imine (C=N–C) groups is 1. The van der Waals surface area contributed by atoms with Gasteiger partial charge in [-0.3, -0.25) is 3.11 Å². The van der Waals surface area contributed by atoms with E-state index in [0.717, 1.165) is 17.8 Å². The number of aliphatic hydroxyl groups excluding tert-OH is 1. The fourth-order valence-corrected chi connectivity index (χ4v) is 2.43. The van der Waals surface area contributed by atoms with E-state index in [1.807, 2.05) is 0 Å². The molecule has 5 heteroatoms. The number of rotatable bonds is 1. The average Bonchev–Trinajstić information content (AvgIpc) is 2.50. The number of aliphatic hydroxyl groups is 1. The van der Waals surface area contributed by atoms with Gasteiger partial charge in [0.15, 0.2) is 0 Å². The first-order valence-corrected chi connectivity index (χ1v) is 5.79. The maximum absolute atomic E-state index is 9.91. The van der Waals surface area contributed by atoms with Crippen LogP contribution in [0, 0.1) is 5.92 Å². The molecule has 4 nitrogen and oxygen atoms in total. The zero-order valence-corrected chi connectivity index (χ0v) is 10.4. The highest BCUT2D eigenvalue weighted by Crippen LogP contribution is 2.31. The number of halogens is 1. The second-order valence-corrected chi connectivity index (χ2v) is 4.86. The second kappa shape index (κ2) is 3.60. The Balaban J connectivity index is 2.37. The van der Waals surface area contributed by atoms with Gasteiger partial charge in [-0.15, -0.1) is 0 Å². The molecule has 2 heterocycles. The third-order valence-electron chi connectivity index (χ3n) is 2.90. The van der Waals surface area contributed by atoms with Crippen LogP contribution >= 0.6 is 22.9 Å². The molecule has 2 rings (SSSR count). The number of nitrogens with one attached hydrogen (secondary N) is 1. The predicted octanol–water partition coefficient (Wildman–Crippen LogP) is 1.80. The lowest BCUT2D eigenvalue weighted by Gasteiger charge is -2.21. The lowest BCUT2D eigenvalue weighted by molar-refractivity contribution is 0.299. The number of hydrogen-bond donors (Lipinski definition) is 2. The van der Waals surface area contributed by atoms with E-state index >= 15 is 0 Å². The van der Waals surface area contributed by atoms with Crippen LogP contribution in [0.1, 0.15) is 20.3 Å². The SMILES string of the molecule is CCC1NC2=NCN(I)C(O)=C2C1C. The first-order valence-electron chi connectivity index (χ1n) is 4.83. The maximum Gasteiger partial charge on any atom is 0.204 e. The molecule has 0 aromatic rings. The molecule has 0 aromatic heterocycles. The first kappa shape index (κ1) is 10.1. The van der Waals surface area contributed by atoms with Gasteiger partial charge in [0.25, 0.3) is 0 Å². The Hall–Kier alpha value is -0.460. The Morgan fingerprint density at radius 2 is 2.43 bits per heavy atom. The monoisotopic (exact) mass is 307 g/mol. The van der Waals surface area contributed by atoms with Crippen LogP contribution in [0.15, 0.2) is 16.4 Å². The quantitative estimate of drug-likeness (QED) is 0.574. The number of fused-ring (bicyclic) bond motifs is 1. The number of amidine groups is 1. The van der Waals surface area contributed by atoms with Crippen molar-refractivity contribution in [3.05, 3.63) is 11.5 Å². The first-order chi connectivity index (χ1) is 6.65. The van der Waals surface area contributed by atoms with Crippen molar-refractivity contribution in [3.63, 3.8) is 0 Å². The zero-order chi connectivity index (χ0) is 10.3. The highest BCUT2D eigenvalue weighted by Gasteiger charge is 2.37. The Kier molecular flexibility index (Phi) is 2.59. The van der Waals surface area contributed by atoms with Crippen molar-refractivity contribution in [2.24, 2.45) is 10.9 Å². The zero-order valence-electron chi connectivity index (χ0n) is 8.29. The molecule has 0 radical (unpaired) electrons. The normalized spacial score (nSPS) is 31.4. The van der Waals surface area contributed by atoms with Gasteiger partial charge in [0, 0.05) is 12.0 Å². The summed E-state index contributed by atoms with van der Waals surface area (Å²) in [4.78, 5) is 4.38. The van der Waals surface area contributed by atoms with Crippen molar-refractivity contribution in [3.8, 4) is 0 Å². The minimum Gasteiger partial charge on any atom is -0.494 e. The summed E-state index contributed by atoms with van der Waals surface area (Å²) < 4.78 is 1.74. The van der Waals surface area contributed by atoms with Crippen molar-refractivity contribution >= 4 is 28.7 Å². The van der Waals surface area contributed by atoms with E-state index in [9.17, 15) is 5.11 Å². The molecule has 2 aliphatic heterocycles. The summed E-state index contributed by atoms with van der Waals surface area (Å²) in [6.07, 6.45) is 1.05. The number of nitrogens with zero attached hydrogens (tertiary/aromatic N) is 2. The minimum absolute atomic E-state index is 0.344. The molecule has 2 N–H and O–H groups in total. The van der Waals surface area contributed by atoms with Crippen molar-refractivity contribution in [1.82, 2.24) is 8.43 Å². The standard InChI is InChI=1S/C9H14IN3O/c1-3-6-5(2)7-8(12-6)11-4-13(10)9(7)14/h5-6,14H,3-4H2,1-2H3,(H,11,12). The van der Waals surface area contributed by atoms with Gasteiger partial charge in [0.1, 0.15) is 12.5 Å². The van der Waals surface area contributed by atoms with E-state index in [1.165, 1.54) is 0 Å². The van der Waals surface area contributed by atoms with Gasteiger partial charge in [-0.1, -0.05) is 13.8 Å². The molecule has 78 valence electrons. The second-order valence-electron chi connectivity index (χ2n) is 3.70. The van der Waals surface area contributed by atoms with Gasteiger partial charge >= 0.3 is 0 Å². The Morgan fingerprint density at radius 1 is 1.71 bits per heavy atom. The molecular formula is C9H14IN3O. The van der Waals surface area contributed by atoms with Crippen LogP contribution in [0.25, 0.3) is 0 Å². The average molecular weight is 307 g/mol. The van der Waals surface area contributed by atoms with Crippen LogP contribution in [-0.2, 0) is 0 Å². The smallest absolute Gasteiger partial charge is 0.204 e. The van der Waals surface area contributed by atoms with Crippen LogP contribution in [0.5, 0.6) is 0 Å². The molecule has 14 heavy (non-hydrogen) atoms. The van der Waals surface area contributed by atoms with E-state index in [1.54, 1.807) is 3.11 Å². The third-order valence-corrected chi connectivity index (χ3v) is 3.66. The van der Waals surface area contributed by atoms with Gasteiger partial charge < -0.3 is 10.4 Å². The topological polar surface area (TPSA) is 47.9 Å². The Labute approximate surface area is 97.6 Å². The van der Waals surface area contributed by atoms with E-state index in [4.69, 9.17) is 0 Å². The molecule has 1 saturated heterocycles. The van der Waals surface area contributed by atoms with E-state index in [-0.39, 0.29) is 0 Å². The van der Waals surface area contributed by atoms with E-state index in [0.29, 0.717) is 24.5 Å². The van der Waals surface area contributed by atoms with Gasteiger partial charge in [-0.2, -0.15) is 0 Å². The maximum atomic E-state index is 9.91. The summed E-state index contributed by atoms with van der Waals surface area (Å²) in [6.45, 7) is 4.80.